The van der Waals surface area contributed by atoms with Gasteiger partial charge >= 0.3 is 24.1 Å². The summed E-state index contributed by atoms with van der Waals surface area (Å²) in [5.74, 6) is -1.33. The monoisotopic (exact) mass is 454 g/mol. The third-order valence-electron chi connectivity index (χ3n) is 6.45. The molecule has 0 aromatic rings. The van der Waals surface area contributed by atoms with Crippen molar-refractivity contribution in [3.8, 4) is 0 Å². The average molecular weight is 455 g/mol. The molecule has 2 saturated carbocycles. The molecule has 0 unspecified atom stereocenters. The van der Waals surface area contributed by atoms with E-state index in [4.69, 9.17) is 19.7 Å². The number of hydrogen-bond acceptors (Lipinski definition) is 6. The summed E-state index contributed by atoms with van der Waals surface area (Å²) < 4.78 is 10.4. The van der Waals surface area contributed by atoms with Crippen LogP contribution >= 0.6 is 0 Å². The highest BCUT2D eigenvalue weighted by Gasteiger charge is 2.67. The van der Waals surface area contributed by atoms with Crippen LogP contribution in [0.4, 0.5) is 9.59 Å². The van der Waals surface area contributed by atoms with Gasteiger partial charge in [0.25, 0.3) is 0 Å². The van der Waals surface area contributed by atoms with Gasteiger partial charge in [0.1, 0.15) is 11.2 Å². The summed E-state index contributed by atoms with van der Waals surface area (Å²) >= 11 is 0. The number of hydrogen-bond donors (Lipinski definition) is 2. The number of rotatable bonds is 2. The van der Waals surface area contributed by atoms with E-state index in [0.717, 1.165) is 0 Å². The Kier molecular flexibility index (Phi) is 5.67. The van der Waals surface area contributed by atoms with Gasteiger partial charge in [-0.25, -0.2) is 9.59 Å². The van der Waals surface area contributed by atoms with E-state index < -0.39 is 46.2 Å². The molecule has 2 aliphatic heterocycles. The molecule has 180 valence electrons. The number of carbonyl (C=O) groups excluding carboxylic acids is 2. The van der Waals surface area contributed by atoms with Crippen molar-refractivity contribution in [3.05, 3.63) is 0 Å². The Morgan fingerprint density at radius 1 is 0.719 bits per heavy atom. The maximum atomic E-state index is 11.7. The number of likely N-dealkylation sites (tertiary alicyclic amines) is 2. The molecule has 2 heterocycles. The van der Waals surface area contributed by atoms with Gasteiger partial charge in [-0.05, 0) is 66.2 Å². The van der Waals surface area contributed by atoms with Gasteiger partial charge in [0.05, 0.1) is 10.8 Å². The van der Waals surface area contributed by atoms with Crippen molar-refractivity contribution in [2.75, 3.05) is 26.2 Å². The number of carbonyl (C=O) groups is 4. The Bertz CT molecular complexity index is 761. The summed E-state index contributed by atoms with van der Waals surface area (Å²) in [5, 5.41) is 18.1. The average Bonchev–Trinajstić information content (AvgIpc) is 3.41. The second-order valence-corrected chi connectivity index (χ2v) is 11.4. The molecular weight excluding hydrogens is 420 g/mol. The molecule has 2 N–H and O–H groups in total. The third-order valence-corrected chi connectivity index (χ3v) is 6.45. The number of aliphatic carboxylic acids is 2. The zero-order valence-electron chi connectivity index (χ0n) is 19.6. The molecule has 0 aromatic carbocycles. The quantitative estimate of drug-likeness (QED) is 0.650. The number of ether oxygens (including phenoxy) is 2. The molecule has 4 atom stereocenters. The van der Waals surface area contributed by atoms with E-state index in [1.54, 1.807) is 41.5 Å². The van der Waals surface area contributed by atoms with Crippen LogP contribution in [-0.2, 0) is 19.1 Å². The van der Waals surface area contributed by atoms with Crippen molar-refractivity contribution in [1.29, 1.82) is 0 Å². The zero-order chi connectivity index (χ0) is 24.3. The molecule has 2 amide bonds. The van der Waals surface area contributed by atoms with Crippen molar-refractivity contribution in [1.82, 2.24) is 9.80 Å². The topological polar surface area (TPSA) is 134 Å². The van der Waals surface area contributed by atoms with Crippen LogP contribution in [-0.4, -0.2) is 81.5 Å². The van der Waals surface area contributed by atoms with Crippen LogP contribution in [0.3, 0.4) is 0 Å². The van der Waals surface area contributed by atoms with E-state index in [-0.39, 0.29) is 11.8 Å². The molecule has 2 aliphatic carbocycles. The number of carboxylic acid groups (broad SMARTS) is 2. The minimum atomic E-state index is -0.788. The third kappa shape index (κ3) is 4.78. The maximum Gasteiger partial charge on any atom is 0.410 e. The first-order valence-electron chi connectivity index (χ1n) is 10.9. The van der Waals surface area contributed by atoms with Gasteiger partial charge in [-0.2, -0.15) is 0 Å². The Hall–Kier alpha value is -2.52. The van der Waals surface area contributed by atoms with Crippen molar-refractivity contribution >= 4 is 24.1 Å². The fourth-order valence-corrected chi connectivity index (χ4v) is 4.56. The van der Waals surface area contributed by atoms with Crippen LogP contribution < -0.4 is 0 Å². The summed E-state index contributed by atoms with van der Waals surface area (Å²) in [6.45, 7) is 12.4. The van der Waals surface area contributed by atoms with E-state index in [0.29, 0.717) is 39.0 Å². The predicted octanol–water partition coefficient (Wildman–Crippen LogP) is 2.66. The first-order chi connectivity index (χ1) is 14.5. The fourth-order valence-electron chi connectivity index (χ4n) is 4.56. The highest BCUT2D eigenvalue weighted by atomic mass is 16.6. The van der Waals surface area contributed by atoms with Crippen LogP contribution in [0.2, 0.25) is 0 Å². The van der Waals surface area contributed by atoms with E-state index in [1.807, 2.05) is 0 Å². The number of amides is 2. The SMILES string of the molecule is CC(C)(C)OC(=O)N1C[C@@H]2C[C@]2(C(=O)O)C1.CC(C)(C)OC(=O)N1C[C@H]2C[C@@]2(C(=O)O)C1. The summed E-state index contributed by atoms with van der Waals surface area (Å²) in [4.78, 5) is 48.5. The lowest BCUT2D eigenvalue weighted by atomic mass is 10.1. The minimum Gasteiger partial charge on any atom is -0.481 e. The molecule has 10 heteroatoms. The fraction of sp³-hybridized carbons (Fsp3) is 0.818. The van der Waals surface area contributed by atoms with Crippen molar-refractivity contribution in [2.24, 2.45) is 22.7 Å². The maximum absolute atomic E-state index is 11.7. The lowest BCUT2D eigenvalue weighted by Crippen LogP contribution is -2.38. The summed E-state index contributed by atoms with van der Waals surface area (Å²) in [7, 11) is 0. The molecule has 4 rings (SSSR count). The molecular formula is C22H34N2O8. The molecule has 4 fully saturated rings. The molecule has 0 bridgehead atoms. The summed E-state index contributed by atoms with van der Waals surface area (Å²) in [6.07, 6.45) is 0.587. The number of fused-ring (bicyclic) bond motifs is 2. The van der Waals surface area contributed by atoms with Gasteiger partial charge in [0, 0.05) is 26.2 Å². The summed E-state index contributed by atoms with van der Waals surface area (Å²) in [5.41, 5.74) is -2.39. The van der Waals surface area contributed by atoms with Crippen LogP contribution in [0, 0.1) is 22.7 Å². The van der Waals surface area contributed by atoms with Gasteiger partial charge in [-0.15, -0.1) is 0 Å². The van der Waals surface area contributed by atoms with Crippen LogP contribution in [0.15, 0.2) is 0 Å². The van der Waals surface area contributed by atoms with Gasteiger partial charge < -0.3 is 29.5 Å². The normalized spacial score (nSPS) is 32.2. The van der Waals surface area contributed by atoms with Crippen LogP contribution in [0.1, 0.15) is 54.4 Å². The highest BCUT2D eigenvalue weighted by Crippen LogP contribution is 2.58. The molecule has 10 nitrogen and oxygen atoms in total. The molecule has 0 spiro atoms. The molecule has 0 radical (unpaired) electrons. The lowest BCUT2D eigenvalue weighted by molar-refractivity contribution is -0.144. The van der Waals surface area contributed by atoms with E-state index in [9.17, 15) is 19.2 Å². The molecule has 0 aromatic heterocycles. The lowest BCUT2D eigenvalue weighted by Gasteiger charge is -2.25. The second-order valence-electron chi connectivity index (χ2n) is 11.4. The number of nitrogens with zero attached hydrogens (tertiary/aromatic N) is 2. The molecule has 2 saturated heterocycles. The Labute approximate surface area is 187 Å². The number of carboxylic acids is 2. The smallest absolute Gasteiger partial charge is 0.410 e. The highest BCUT2D eigenvalue weighted by molar-refractivity contribution is 5.82. The van der Waals surface area contributed by atoms with Gasteiger partial charge in [-0.3, -0.25) is 9.59 Å². The molecule has 32 heavy (non-hydrogen) atoms. The first kappa shape index (κ1) is 24.1. The minimum absolute atomic E-state index is 0.123. The first-order valence-corrected chi connectivity index (χ1v) is 10.9. The zero-order valence-corrected chi connectivity index (χ0v) is 19.6. The van der Waals surface area contributed by atoms with Crippen LogP contribution in [0.5, 0.6) is 0 Å². The van der Waals surface area contributed by atoms with E-state index in [2.05, 4.69) is 0 Å². The molecule has 4 aliphatic rings. The number of piperidine rings is 2. The largest absolute Gasteiger partial charge is 0.481 e. The standard InChI is InChI=1S/2C11H17NO4/c2*1-10(2,3)16-9(15)12-5-7-4-11(7,6-12)8(13)14/h2*7H,4-6H2,1-3H3,(H,13,14)/t2*7-,11-/m10/s1. The van der Waals surface area contributed by atoms with E-state index in [1.165, 1.54) is 9.80 Å². The van der Waals surface area contributed by atoms with Gasteiger partial charge in [-0.1, -0.05) is 0 Å². The van der Waals surface area contributed by atoms with Crippen molar-refractivity contribution < 1.29 is 38.9 Å². The van der Waals surface area contributed by atoms with E-state index >= 15 is 0 Å². The Morgan fingerprint density at radius 2 is 1.03 bits per heavy atom. The van der Waals surface area contributed by atoms with Gasteiger partial charge in [0.15, 0.2) is 0 Å². The van der Waals surface area contributed by atoms with Crippen molar-refractivity contribution in [3.63, 3.8) is 0 Å². The second kappa shape index (κ2) is 7.52. The Balaban J connectivity index is 0.000000181. The van der Waals surface area contributed by atoms with Crippen molar-refractivity contribution in [2.45, 2.75) is 65.6 Å². The van der Waals surface area contributed by atoms with Crippen LogP contribution in [0.25, 0.3) is 0 Å². The Morgan fingerprint density at radius 3 is 1.25 bits per heavy atom. The summed E-state index contributed by atoms with van der Waals surface area (Å²) in [6, 6.07) is 0. The predicted molar refractivity (Wildman–Crippen MR) is 112 cm³/mol. The van der Waals surface area contributed by atoms with Gasteiger partial charge in [0.2, 0.25) is 0 Å².